The third-order valence-electron chi connectivity index (χ3n) is 2.14. The number of nitrogens with zero attached hydrogens (tertiary/aromatic N) is 3. The Morgan fingerprint density at radius 2 is 2.25 bits per heavy atom. The monoisotopic (exact) mass is 248 g/mol. The van der Waals surface area contributed by atoms with Crippen molar-refractivity contribution < 1.29 is 0 Å². The van der Waals surface area contributed by atoms with Crippen LogP contribution in [-0.4, -0.2) is 15.0 Å². The maximum atomic E-state index is 5.59. The second kappa shape index (κ2) is 3.80. The summed E-state index contributed by atoms with van der Waals surface area (Å²) in [5.74, 6) is 0. The first-order valence-electron chi connectivity index (χ1n) is 4.70. The van der Waals surface area contributed by atoms with Crippen LogP contribution in [0.15, 0.2) is 23.8 Å². The molecule has 16 heavy (non-hydrogen) atoms. The number of anilines is 1. The SMILES string of the molecule is Nc1nc(Cc2nc3cnccc3s2)cs1. The first-order valence-corrected chi connectivity index (χ1v) is 6.40. The van der Waals surface area contributed by atoms with Crippen molar-refractivity contribution in [1.82, 2.24) is 15.0 Å². The van der Waals surface area contributed by atoms with Crippen molar-refractivity contribution in [2.75, 3.05) is 5.73 Å². The summed E-state index contributed by atoms with van der Waals surface area (Å²) in [7, 11) is 0. The van der Waals surface area contributed by atoms with Gasteiger partial charge < -0.3 is 5.73 Å². The Bertz CT molecular complexity index is 595. The Labute approximate surface area is 99.8 Å². The van der Waals surface area contributed by atoms with Gasteiger partial charge in [-0.05, 0) is 6.07 Å². The molecule has 0 aliphatic rings. The van der Waals surface area contributed by atoms with Gasteiger partial charge in [-0.1, -0.05) is 0 Å². The zero-order valence-electron chi connectivity index (χ0n) is 8.25. The van der Waals surface area contributed by atoms with E-state index < -0.39 is 0 Å². The topological polar surface area (TPSA) is 64.7 Å². The molecule has 0 radical (unpaired) electrons. The summed E-state index contributed by atoms with van der Waals surface area (Å²) in [5, 5.41) is 3.63. The average Bonchev–Trinajstić information content (AvgIpc) is 2.84. The van der Waals surface area contributed by atoms with Gasteiger partial charge in [-0.3, -0.25) is 4.98 Å². The zero-order valence-corrected chi connectivity index (χ0v) is 9.88. The van der Waals surface area contributed by atoms with E-state index in [1.807, 2.05) is 11.4 Å². The molecule has 80 valence electrons. The van der Waals surface area contributed by atoms with E-state index in [1.54, 1.807) is 23.7 Å². The van der Waals surface area contributed by atoms with E-state index in [9.17, 15) is 0 Å². The minimum Gasteiger partial charge on any atom is -0.375 e. The molecule has 0 saturated heterocycles. The lowest BCUT2D eigenvalue weighted by Gasteiger charge is -1.88. The lowest BCUT2D eigenvalue weighted by Crippen LogP contribution is -1.88. The third-order valence-corrected chi connectivity index (χ3v) is 3.90. The molecule has 0 aliphatic carbocycles. The highest BCUT2D eigenvalue weighted by atomic mass is 32.1. The van der Waals surface area contributed by atoms with Crippen LogP contribution in [0.2, 0.25) is 0 Å². The van der Waals surface area contributed by atoms with Crippen molar-refractivity contribution in [3.8, 4) is 0 Å². The molecule has 0 aliphatic heterocycles. The summed E-state index contributed by atoms with van der Waals surface area (Å²) in [5.41, 5.74) is 7.52. The number of hydrogen-bond donors (Lipinski definition) is 1. The molecule has 4 nitrogen and oxygen atoms in total. The van der Waals surface area contributed by atoms with Crippen LogP contribution >= 0.6 is 22.7 Å². The summed E-state index contributed by atoms with van der Waals surface area (Å²) in [6, 6.07) is 1.98. The minimum atomic E-state index is 0.609. The Hall–Kier alpha value is -1.53. The summed E-state index contributed by atoms with van der Waals surface area (Å²) in [6.07, 6.45) is 4.31. The molecule has 0 saturated carbocycles. The number of thiazole rings is 2. The summed E-state index contributed by atoms with van der Waals surface area (Å²) >= 11 is 3.14. The van der Waals surface area contributed by atoms with Gasteiger partial charge in [0.1, 0.15) is 0 Å². The molecule has 3 heterocycles. The van der Waals surface area contributed by atoms with Crippen LogP contribution in [0.1, 0.15) is 10.7 Å². The Morgan fingerprint density at radius 3 is 3.00 bits per heavy atom. The number of hydrogen-bond acceptors (Lipinski definition) is 6. The van der Waals surface area contributed by atoms with E-state index in [0.29, 0.717) is 5.13 Å². The van der Waals surface area contributed by atoms with Gasteiger partial charge in [-0.15, -0.1) is 22.7 Å². The molecule has 0 fully saturated rings. The molecule has 0 aromatic carbocycles. The predicted octanol–water partition coefficient (Wildman–Crippen LogP) is 2.32. The van der Waals surface area contributed by atoms with Crippen molar-refractivity contribution in [1.29, 1.82) is 0 Å². The van der Waals surface area contributed by atoms with Gasteiger partial charge in [0.15, 0.2) is 5.13 Å². The van der Waals surface area contributed by atoms with Gasteiger partial charge in [-0.25, -0.2) is 9.97 Å². The molecular weight excluding hydrogens is 240 g/mol. The third kappa shape index (κ3) is 1.77. The van der Waals surface area contributed by atoms with Crippen molar-refractivity contribution in [3.05, 3.63) is 34.5 Å². The smallest absolute Gasteiger partial charge is 0.180 e. The van der Waals surface area contributed by atoms with Gasteiger partial charge in [0.2, 0.25) is 0 Å². The molecule has 3 rings (SSSR count). The van der Waals surface area contributed by atoms with Crippen molar-refractivity contribution >= 4 is 38.0 Å². The lowest BCUT2D eigenvalue weighted by molar-refractivity contribution is 1.09. The first-order chi connectivity index (χ1) is 7.81. The summed E-state index contributed by atoms with van der Waals surface area (Å²) < 4.78 is 1.16. The Balaban J connectivity index is 1.95. The molecule has 2 N–H and O–H groups in total. The second-order valence-corrected chi connectivity index (χ2v) is 5.31. The van der Waals surface area contributed by atoms with Gasteiger partial charge >= 0.3 is 0 Å². The first kappa shape index (κ1) is 9.68. The van der Waals surface area contributed by atoms with Gasteiger partial charge in [0.05, 0.1) is 27.1 Å². The molecule has 3 aromatic rings. The molecule has 0 amide bonds. The number of fused-ring (bicyclic) bond motifs is 1. The average molecular weight is 248 g/mol. The normalized spacial score (nSPS) is 11.0. The fraction of sp³-hybridized carbons (Fsp3) is 0.100. The quantitative estimate of drug-likeness (QED) is 0.756. The maximum Gasteiger partial charge on any atom is 0.180 e. The molecule has 0 spiro atoms. The Kier molecular flexibility index (Phi) is 2.30. The Morgan fingerprint density at radius 1 is 1.31 bits per heavy atom. The number of rotatable bonds is 2. The number of nitrogen functional groups attached to an aromatic ring is 1. The fourth-order valence-electron chi connectivity index (χ4n) is 1.46. The largest absolute Gasteiger partial charge is 0.375 e. The highest BCUT2D eigenvalue weighted by Gasteiger charge is 2.06. The van der Waals surface area contributed by atoms with Crippen LogP contribution in [0.25, 0.3) is 10.2 Å². The van der Waals surface area contributed by atoms with Gasteiger partial charge in [-0.2, -0.15) is 0 Å². The zero-order chi connectivity index (χ0) is 11.0. The van der Waals surface area contributed by atoms with E-state index in [2.05, 4.69) is 15.0 Å². The summed E-state index contributed by atoms with van der Waals surface area (Å²) in [6.45, 7) is 0. The number of nitrogens with two attached hydrogens (primary N) is 1. The molecule has 0 atom stereocenters. The van der Waals surface area contributed by atoms with E-state index >= 15 is 0 Å². The summed E-state index contributed by atoms with van der Waals surface area (Å²) in [4.78, 5) is 12.8. The van der Waals surface area contributed by atoms with E-state index in [4.69, 9.17) is 5.73 Å². The molecule has 0 unspecified atom stereocenters. The number of pyridine rings is 1. The molecule has 0 bridgehead atoms. The molecule has 3 aromatic heterocycles. The van der Waals surface area contributed by atoms with E-state index in [0.717, 1.165) is 27.3 Å². The van der Waals surface area contributed by atoms with Crippen LogP contribution in [0, 0.1) is 0 Å². The van der Waals surface area contributed by atoms with Crippen LogP contribution < -0.4 is 5.73 Å². The predicted molar refractivity (Wildman–Crippen MR) is 66.7 cm³/mol. The van der Waals surface area contributed by atoms with Crippen LogP contribution in [-0.2, 0) is 6.42 Å². The molecular formula is C10H8N4S2. The maximum absolute atomic E-state index is 5.59. The lowest BCUT2D eigenvalue weighted by atomic mass is 10.3. The van der Waals surface area contributed by atoms with E-state index in [1.165, 1.54) is 11.3 Å². The van der Waals surface area contributed by atoms with Crippen LogP contribution in [0.5, 0.6) is 0 Å². The van der Waals surface area contributed by atoms with Gasteiger partial charge in [0.25, 0.3) is 0 Å². The van der Waals surface area contributed by atoms with E-state index in [-0.39, 0.29) is 0 Å². The van der Waals surface area contributed by atoms with Crippen molar-refractivity contribution in [3.63, 3.8) is 0 Å². The highest BCUT2D eigenvalue weighted by molar-refractivity contribution is 7.18. The van der Waals surface area contributed by atoms with Crippen LogP contribution in [0.4, 0.5) is 5.13 Å². The number of aromatic nitrogens is 3. The van der Waals surface area contributed by atoms with Crippen molar-refractivity contribution in [2.45, 2.75) is 6.42 Å². The second-order valence-electron chi connectivity index (χ2n) is 3.30. The van der Waals surface area contributed by atoms with Crippen LogP contribution in [0.3, 0.4) is 0 Å². The fourth-order valence-corrected chi connectivity index (χ4v) is 2.97. The standard InChI is InChI=1S/C10H8N4S2/c11-10-13-6(5-15-10)3-9-14-7-4-12-2-1-8(7)16-9/h1-2,4-5H,3H2,(H2,11,13). The molecule has 6 heteroatoms. The minimum absolute atomic E-state index is 0.609. The van der Waals surface area contributed by atoms with Gasteiger partial charge in [0, 0.05) is 18.0 Å². The highest BCUT2D eigenvalue weighted by Crippen LogP contribution is 2.23. The van der Waals surface area contributed by atoms with Crippen molar-refractivity contribution in [2.24, 2.45) is 0 Å².